The normalized spacial score (nSPS) is 15.8. The molecule has 0 atom stereocenters. The zero-order chi connectivity index (χ0) is 13.3. The van der Waals surface area contributed by atoms with Crippen molar-refractivity contribution in [1.82, 2.24) is 0 Å². The highest BCUT2D eigenvalue weighted by Crippen LogP contribution is 2.13. The molecule has 1 heterocycles. The van der Waals surface area contributed by atoms with Gasteiger partial charge in [-0.1, -0.05) is 19.1 Å². The summed E-state index contributed by atoms with van der Waals surface area (Å²) in [5.74, 6) is 0.952. The van der Waals surface area contributed by atoms with Crippen LogP contribution in [0.25, 0.3) is 0 Å². The molecule has 2 rings (SSSR count). The number of likely N-dealkylation sites (tertiary alicyclic amines) is 1. The van der Waals surface area contributed by atoms with E-state index in [1.54, 1.807) is 4.90 Å². The molecule has 1 aliphatic heterocycles. The van der Waals surface area contributed by atoms with Crippen LogP contribution in [0, 0.1) is 0 Å². The van der Waals surface area contributed by atoms with Crippen molar-refractivity contribution in [3.63, 3.8) is 0 Å². The van der Waals surface area contributed by atoms with Crippen molar-refractivity contribution in [2.45, 2.75) is 26.2 Å². The lowest BCUT2D eigenvalue weighted by Crippen LogP contribution is -3.10. The Hall–Kier alpha value is -1.06. The van der Waals surface area contributed by atoms with Crippen LogP contribution in [0.15, 0.2) is 24.3 Å². The maximum Gasteiger partial charge on any atom is 0.119 e. The molecule has 1 aromatic carbocycles. The van der Waals surface area contributed by atoms with Gasteiger partial charge in [0.15, 0.2) is 0 Å². The Labute approximate surface area is 116 Å². The highest BCUT2D eigenvalue weighted by molar-refractivity contribution is 5.28. The molecule has 0 aromatic heterocycles. The second kappa shape index (κ2) is 8.18. The molecule has 0 amide bonds. The van der Waals surface area contributed by atoms with E-state index in [4.69, 9.17) is 9.47 Å². The molecule has 0 unspecified atom stereocenters. The first-order chi connectivity index (χ1) is 9.38. The van der Waals surface area contributed by atoms with Crippen LogP contribution in [-0.2, 0) is 11.2 Å². The van der Waals surface area contributed by atoms with Crippen molar-refractivity contribution in [3.8, 4) is 5.75 Å². The van der Waals surface area contributed by atoms with Crippen molar-refractivity contribution in [1.29, 1.82) is 0 Å². The molecule has 3 heteroatoms. The van der Waals surface area contributed by atoms with Gasteiger partial charge in [0.2, 0.25) is 0 Å². The Bertz CT molecular complexity index is 362. The molecule has 1 saturated heterocycles. The molecule has 1 aromatic rings. The highest BCUT2D eigenvalue weighted by Gasteiger charge is 2.13. The van der Waals surface area contributed by atoms with Crippen molar-refractivity contribution in [2.24, 2.45) is 0 Å². The molecule has 1 aliphatic rings. The van der Waals surface area contributed by atoms with E-state index in [0.29, 0.717) is 13.2 Å². The molecule has 0 radical (unpaired) electrons. The van der Waals surface area contributed by atoms with Gasteiger partial charge in [0.1, 0.15) is 18.9 Å². The summed E-state index contributed by atoms with van der Waals surface area (Å²) in [5.41, 5.74) is 1.32. The van der Waals surface area contributed by atoms with E-state index < -0.39 is 0 Å². The average Bonchev–Trinajstić information content (AvgIpc) is 2.96. The SMILES string of the molecule is CCc1cccc(OCCOCC[NH+]2CCCC2)c1. The largest absolute Gasteiger partial charge is 0.491 e. The van der Waals surface area contributed by atoms with Crippen LogP contribution in [0.3, 0.4) is 0 Å². The standard InChI is InChI=1S/C16H25NO2/c1-2-15-6-5-7-16(14-15)19-13-12-18-11-10-17-8-3-4-9-17/h5-7,14H,2-4,8-13H2,1H3/p+1. The predicted octanol–water partition coefficient (Wildman–Crippen LogP) is 1.32. The molecular weight excluding hydrogens is 238 g/mol. The second-order valence-electron chi connectivity index (χ2n) is 5.17. The summed E-state index contributed by atoms with van der Waals surface area (Å²) < 4.78 is 11.3. The fourth-order valence-electron chi connectivity index (χ4n) is 2.52. The van der Waals surface area contributed by atoms with E-state index in [0.717, 1.165) is 25.3 Å². The van der Waals surface area contributed by atoms with Gasteiger partial charge in [-0.25, -0.2) is 0 Å². The number of benzene rings is 1. The van der Waals surface area contributed by atoms with Crippen LogP contribution in [0.2, 0.25) is 0 Å². The Morgan fingerprint density at radius 1 is 1.11 bits per heavy atom. The lowest BCUT2D eigenvalue weighted by atomic mass is 10.2. The Kier molecular flexibility index (Phi) is 6.18. The van der Waals surface area contributed by atoms with E-state index in [1.165, 1.54) is 31.5 Å². The Morgan fingerprint density at radius 3 is 2.74 bits per heavy atom. The molecule has 1 N–H and O–H groups in total. The van der Waals surface area contributed by atoms with Crippen LogP contribution in [0.1, 0.15) is 25.3 Å². The fraction of sp³-hybridized carbons (Fsp3) is 0.625. The third-order valence-electron chi connectivity index (χ3n) is 3.71. The Balaban J connectivity index is 1.53. The van der Waals surface area contributed by atoms with Gasteiger partial charge >= 0.3 is 0 Å². The van der Waals surface area contributed by atoms with Crippen molar-refractivity contribution < 1.29 is 14.4 Å². The number of hydrogen-bond donors (Lipinski definition) is 1. The molecule has 0 aliphatic carbocycles. The van der Waals surface area contributed by atoms with Gasteiger partial charge in [-0.3, -0.25) is 0 Å². The van der Waals surface area contributed by atoms with Gasteiger partial charge in [0.25, 0.3) is 0 Å². The Morgan fingerprint density at radius 2 is 1.95 bits per heavy atom. The molecule has 19 heavy (non-hydrogen) atoms. The molecule has 1 fully saturated rings. The van der Waals surface area contributed by atoms with Crippen molar-refractivity contribution in [3.05, 3.63) is 29.8 Å². The predicted molar refractivity (Wildman–Crippen MR) is 76.9 cm³/mol. The average molecular weight is 264 g/mol. The first-order valence-corrected chi connectivity index (χ1v) is 7.51. The lowest BCUT2D eigenvalue weighted by molar-refractivity contribution is -0.887. The minimum Gasteiger partial charge on any atom is -0.491 e. The van der Waals surface area contributed by atoms with Crippen molar-refractivity contribution in [2.75, 3.05) is 39.5 Å². The zero-order valence-corrected chi connectivity index (χ0v) is 12.0. The van der Waals surface area contributed by atoms with E-state index in [-0.39, 0.29) is 0 Å². The second-order valence-corrected chi connectivity index (χ2v) is 5.17. The number of nitrogens with one attached hydrogen (secondary N) is 1. The van der Waals surface area contributed by atoms with Crippen LogP contribution in [0.4, 0.5) is 0 Å². The first-order valence-electron chi connectivity index (χ1n) is 7.51. The smallest absolute Gasteiger partial charge is 0.119 e. The molecule has 0 spiro atoms. The van der Waals surface area contributed by atoms with E-state index in [2.05, 4.69) is 19.1 Å². The van der Waals surface area contributed by atoms with Crippen molar-refractivity contribution >= 4 is 0 Å². The molecule has 3 nitrogen and oxygen atoms in total. The summed E-state index contributed by atoms with van der Waals surface area (Å²) in [4.78, 5) is 1.69. The van der Waals surface area contributed by atoms with Gasteiger partial charge < -0.3 is 14.4 Å². The topological polar surface area (TPSA) is 22.9 Å². The molecular formula is C16H26NO2+. The van der Waals surface area contributed by atoms with E-state index >= 15 is 0 Å². The van der Waals surface area contributed by atoms with Crippen LogP contribution in [-0.4, -0.2) is 39.5 Å². The number of rotatable bonds is 8. The number of aryl methyl sites for hydroxylation is 1. The summed E-state index contributed by atoms with van der Waals surface area (Å²) in [6, 6.07) is 8.29. The lowest BCUT2D eigenvalue weighted by Gasteiger charge is -2.12. The monoisotopic (exact) mass is 264 g/mol. The van der Waals surface area contributed by atoms with Gasteiger partial charge in [0.05, 0.1) is 26.3 Å². The summed E-state index contributed by atoms with van der Waals surface area (Å²) in [6.45, 7) is 8.13. The third kappa shape index (κ3) is 5.21. The summed E-state index contributed by atoms with van der Waals surface area (Å²) in [7, 11) is 0. The van der Waals surface area contributed by atoms with Gasteiger partial charge in [-0.2, -0.15) is 0 Å². The van der Waals surface area contributed by atoms with Gasteiger partial charge in [-0.15, -0.1) is 0 Å². The summed E-state index contributed by atoms with van der Waals surface area (Å²) >= 11 is 0. The van der Waals surface area contributed by atoms with Crippen LogP contribution < -0.4 is 9.64 Å². The van der Waals surface area contributed by atoms with Crippen LogP contribution >= 0.6 is 0 Å². The quantitative estimate of drug-likeness (QED) is 0.716. The molecule has 0 bridgehead atoms. The number of hydrogen-bond acceptors (Lipinski definition) is 2. The summed E-state index contributed by atoms with van der Waals surface area (Å²) in [5, 5.41) is 0. The van der Waals surface area contributed by atoms with Crippen LogP contribution in [0.5, 0.6) is 5.75 Å². The third-order valence-corrected chi connectivity index (χ3v) is 3.71. The highest BCUT2D eigenvalue weighted by atomic mass is 16.5. The van der Waals surface area contributed by atoms with Gasteiger partial charge in [0, 0.05) is 12.8 Å². The van der Waals surface area contributed by atoms with Gasteiger partial charge in [-0.05, 0) is 24.1 Å². The molecule has 106 valence electrons. The maximum absolute atomic E-state index is 5.69. The first kappa shape index (κ1) is 14.4. The minimum absolute atomic E-state index is 0.641. The van der Waals surface area contributed by atoms with E-state index in [1.807, 2.05) is 12.1 Å². The summed E-state index contributed by atoms with van der Waals surface area (Å²) in [6.07, 6.45) is 3.81. The maximum atomic E-state index is 5.69. The minimum atomic E-state index is 0.641. The number of ether oxygens (including phenoxy) is 2. The molecule has 0 saturated carbocycles. The number of quaternary nitrogens is 1. The zero-order valence-electron chi connectivity index (χ0n) is 12.0. The van der Waals surface area contributed by atoms with E-state index in [9.17, 15) is 0 Å². The fourth-order valence-corrected chi connectivity index (χ4v) is 2.52.